The normalized spacial score (nSPS) is 14.3. The summed E-state index contributed by atoms with van der Waals surface area (Å²) in [5.74, 6) is 0.161. The molecule has 0 spiro atoms. The maximum absolute atomic E-state index is 11.1. The Bertz CT molecular complexity index is 420. The monoisotopic (exact) mass is 296 g/mol. The third-order valence-electron chi connectivity index (χ3n) is 1.81. The van der Waals surface area contributed by atoms with Gasteiger partial charge in [0.25, 0.3) is 0 Å². The fourth-order valence-corrected chi connectivity index (χ4v) is 5.21. The zero-order valence-corrected chi connectivity index (χ0v) is 11.6. The van der Waals surface area contributed by atoms with Crippen molar-refractivity contribution >= 4 is 37.1 Å². The SMILES string of the molecule is Cc1cc(C)c(C(Br)CS(C)(=O)=O)s1. The quantitative estimate of drug-likeness (QED) is 0.804. The van der Waals surface area contributed by atoms with Crippen LogP contribution in [-0.2, 0) is 9.84 Å². The summed E-state index contributed by atoms with van der Waals surface area (Å²) in [5.41, 5.74) is 1.16. The Morgan fingerprint density at radius 1 is 1.50 bits per heavy atom. The van der Waals surface area contributed by atoms with Crippen LogP contribution in [0.25, 0.3) is 0 Å². The molecule has 1 atom stereocenters. The molecule has 1 aromatic rings. The summed E-state index contributed by atoms with van der Waals surface area (Å²) in [6, 6.07) is 2.08. The molecule has 1 rings (SSSR count). The van der Waals surface area contributed by atoms with Gasteiger partial charge in [-0.25, -0.2) is 8.42 Å². The summed E-state index contributed by atoms with van der Waals surface area (Å²) >= 11 is 5.07. The van der Waals surface area contributed by atoms with Gasteiger partial charge in [-0.05, 0) is 25.5 Å². The maximum atomic E-state index is 11.1. The highest BCUT2D eigenvalue weighted by Crippen LogP contribution is 2.33. The summed E-state index contributed by atoms with van der Waals surface area (Å²) in [7, 11) is -2.92. The van der Waals surface area contributed by atoms with Crippen LogP contribution < -0.4 is 0 Å². The molecular formula is C9H13BrO2S2. The molecule has 1 heterocycles. The van der Waals surface area contributed by atoms with Crippen molar-refractivity contribution in [3.63, 3.8) is 0 Å². The first-order chi connectivity index (χ1) is 6.29. The summed E-state index contributed by atoms with van der Waals surface area (Å²) < 4.78 is 22.2. The molecule has 1 aromatic heterocycles. The molecule has 14 heavy (non-hydrogen) atoms. The van der Waals surface area contributed by atoms with E-state index in [2.05, 4.69) is 22.0 Å². The molecule has 0 radical (unpaired) electrons. The van der Waals surface area contributed by atoms with E-state index in [0.717, 1.165) is 10.4 Å². The van der Waals surface area contributed by atoms with Gasteiger partial charge in [0.2, 0.25) is 0 Å². The molecule has 0 aliphatic heterocycles. The lowest BCUT2D eigenvalue weighted by molar-refractivity contribution is 0.601. The average molecular weight is 297 g/mol. The number of alkyl halides is 1. The van der Waals surface area contributed by atoms with E-state index >= 15 is 0 Å². The molecule has 0 fully saturated rings. The number of sulfone groups is 1. The molecule has 0 amide bonds. The highest BCUT2D eigenvalue weighted by Gasteiger charge is 2.17. The van der Waals surface area contributed by atoms with Gasteiger partial charge in [-0.3, -0.25) is 0 Å². The minimum Gasteiger partial charge on any atom is -0.229 e. The molecule has 0 N–H and O–H groups in total. The summed E-state index contributed by atoms with van der Waals surface area (Å²) in [4.78, 5) is 2.26. The van der Waals surface area contributed by atoms with Crippen molar-refractivity contribution in [3.05, 3.63) is 21.4 Å². The van der Waals surface area contributed by atoms with Crippen molar-refractivity contribution in [3.8, 4) is 0 Å². The lowest BCUT2D eigenvalue weighted by atomic mass is 10.2. The molecular weight excluding hydrogens is 284 g/mol. The van der Waals surface area contributed by atoms with Crippen molar-refractivity contribution < 1.29 is 8.42 Å². The highest BCUT2D eigenvalue weighted by molar-refractivity contribution is 9.09. The highest BCUT2D eigenvalue weighted by atomic mass is 79.9. The third-order valence-corrected chi connectivity index (χ3v) is 5.53. The van der Waals surface area contributed by atoms with E-state index in [9.17, 15) is 8.42 Å². The lowest BCUT2D eigenvalue weighted by Crippen LogP contribution is -2.08. The van der Waals surface area contributed by atoms with Crippen LogP contribution in [0.4, 0.5) is 0 Å². The van der Waals surface area contributed by atoms with Crippen molar-refractivity contribution in [2.24, 2.45) is 0 Å². The van der Waals surface area contributed by atoms with E-state index in [4.69, 9.17) is 0 Å². The number of hydrogen-bond donors (Lipinski definition) is 0. The largest absolute Gasteiger partial charge is 0.229 e. The molecule has 80 valence electrons. The Morgan fingerprint density at radius 2 is 2.07 bits per heavy atom. The van der Waals surface area contributed by atoms with E-state index in [1.54, 1.807) is 11.3 Å². The van der Waals surface area contributed by atoms with E-state index in [1.807, 2.05) is 13.8 Å². The standard InChI is InChI=1S/C9H13BrO2S2/c1-6-4-7(2)13-9(6)8(10)5-14(3,11)12/h4,8H,5H2,1-3H3. The molecule has 1 unspecified atom stereocenters. The van der Waals surface area contributed by atoms with Crippen molar-refractivity contribution in [1.82, 2.24) is 0 Å². The van der Waals surface area contributed by atoms with Crippen LogP contribution in [0.1, 0.15) is 20.1 Å². The predicted molar refractivity (Wildman–Crippen MR) is 65.2 cm³/mol. The Hall–Kier alpha value is 0.130. The number of halogens is 1. The van der Waals surface area contributed by atoms with E-state index in [1.165, 1.54) is 11.1 Å². The Labute approximate surface area is 97.4 Å². The molecule has 0 aliphatic carbocycles. The lowest BCUT2D eigenvalue weighted by Gasteiger charge is -2.06. The summed E-state index contributed by atoms with van der Waals surface area (Å²) in [6.45, 7) is 4.04. The second-order valence-corrected chi connectivity index (χ2v) is 8.04. The summed E-state index contributed by atoms with van der Waals surface area (Å²) in [6.07, 6.45) is 1.26. The van der Waals surface area contributed by atoms with E-state index < -0.39 is 9.84 Å². The van der Waals surface area contributed by atoms with Gasteiger partial charge in [-0.1, -0.05) is 15.9 Å². The smallest absolute Gasteiger partial charge is 0.148 e. The number of hydrogen-bond acceptors (Lipinski definition) is 3. The van der Waals surface area contributed by atoms with Gasteiger partial charge in [0.05, 0.1) is 10.6 Å². The maximum Gasteiger partial charge on any atom is 0.148 e. The Balaban J connectivity index is 2.90. The zero-order chi connectivity index (χ0) is 10.9. The van der Waals surface area contributed by atoms with Crippen LogP contribution >= 0.6 is 27.3 Å². The molecule has 0 aliphatic rings. The van der Waals surface area contributed by atoms with Crippen LogP contribution in [0.15, 0.2) is 6.07 Å². The predicted octanol–water partition coefficient (Wildman–Crippen LogP) is 2.85. The first-order valence-corrected chi connectivity index (χ1v) is 7.97. The van der Waals surface area contributed by atoms with Crippen LogP contribution in [-0.4, -0.2) is 20.4 Å². The van der Waals surface area contributed by atoms with Gasteiger partial charge in [0.15, 0.2) is 0 Å². The first kappa shape index (κ1) is 12.2. The number of aryl methyl sites for hydroxylation is 2. The third kappa shape index (κ3) is 3.37. The molecule has 5 heteroatoms. The van der Waals surface area contributed by atoms with E-state index in [-0.39, 0.29) is 10.6 Å². The second kappa shape index (κ2) is 4.33. The van der Waals surface area contributed by atoms with Crippen LogP contribution in [0.2, 0.25) is 0 Å². The minimum absolute atomic E-state index is 0.0730. The zero-order valence-electron chi connectivity index (χ0n) is 8.37. The fraction of sp³-hybridized carbons (Fsp3) is 0.556. The molecule has 0 saturated heterocycles. The van der Waals surface area contributed by atoms with Crippen LogP contribution in [0, 0.1) is 13.8 Å². The average Bonchev–Trinajstić information content (AvgIpc) is 2.26. The van der Waals surface area contributed by atoms with Crippen LogP contribution in [0.5, 0.6) is 0 Å². The molecule has 0 saturated carbocycles. The van der Waals surface area contributed by atoms with Gasteiger partial charge in [0.1, 0.15) is 9.84 Å². The fourth-order valence-electron chi connectivity index (χ4n) is 1.31. The molecule has 0 aromatic carbocycles. The van der Waals surface area contributed by atoms with Gasteiger partial charge >= 0.3 is 0 Å². The Kier molecular flexibility index (Phi) is 3.77. The van der Waals surface area contributed by atoms with Crippen molar-refractivity contribution in [2.75, 3.05) is 12.0 Å². The molecule has 0 bridgehead atoms. The number of rotatable bonds is 3. The summed E-state index contributed by atoms with van der Waals surface area (Å²) in [5, 5.41) is 0. The van der Waals surface area contributed by atoms with Crippen LogP contribution in [0.3, 0.4) is 0 Å². The second-order valence-electron chi connectivity index (χ2n) is 3.46. The molecule has 2 nitrogen and oxygen atoms in total. The topological polar surface area (TPSA) is 34.1 Å². The minimum atomic E-state index is -2.92. The van der Waals surface area contributed by atoms with Gasteiger partial charge in [0, 0.05) is 16.0 Å². The van der Waals surface area contributed by atoms with Crippen molar-refractivity contribution in [1.29, 1.82) is 0 Å². The van der Waals surface area contributed by atoms with Gasteiger partial charge in [-0.15, -0.1) is 11.3 Å². The van der Waals surface area contributed by atoms with Gasteiger partial charge in [-0.2, -0.15) is 0 Å². The number of thiophene rings is 1. The van der Waals surface area contributed by atoms with Gasteiger partial charge < -0.3 is 0 Å². The van der Waals surface area contributed by atoms with E-state index in [0.29, 0.717) is 0 Å². The first-order valence-electron chi connectivity index (χ1n) is 4.18. The van der Waals surface area contributed by atoms with Crippen molar-refractivity contribution in [2.45, 2.75) is 18.7 Å². The Morgan fingerprint density at radius 3 is 2.43 bits per heavy atom.